The lowest BCUT2D eigenvalue weighted by Gasteiger charge is -2.16. The molecule has 1 aromatic carbocycles. The lowest BCUT2D eigenvalue weighted by atomic mass is 10.2. The van der Waals surface area contributed by atoms with E-state index in [-0.39, 0.29) is 10.7 Å². The Hall–Kier alpha value is -0.980. The Morgan fingerprint density at radius 2 is 1.94 bits per heavy atom. The number of hydrogen-bond donors (Lipinski definition) is 1. The highest BCUT2D eigenvalue weighted by Crippen LogP contribution is 2.07. The first-order chi connectivity index (χ1) is 7.42. The Kier molecular flexibility index (Phi) is 4.40. The van der Waals surface area contributed by atoms with Crippen LogP contribution >= 0.6 is 12.2 Å². The first kappa shape index (κ1) is 13.1. The standard InChI is InChI=1S/C10H14N2O2S2/c1-12(16(13,14)8-10(11)15)7-9-5-3-2-4-6-9/h2-6H,7-8H2,1H3,(H2,11,15). The number of nitrogens with two attached hydrogens (primary N) is 1. The van der Waals surface area contributed by atoms with Gasteiger partial charge in [0.05, 0.1) is 4.99 Å². The molecule has 6 heteroatoms. The lowest BCUT2D eigenvalue weighted by molar-refractivity contribution is 0.470. The molecule has 2 N–H and O–H groups in total. The summed E-state index contributed by atoms with van der Waals surface area (Å²) in [6.45, 7) is 0.325. The molecule has 0 atom stereocenters. The van der Waals surface area contributed by atoms with Gasteiger partial charge in [0.15, 0.2) is 0 Å². The van der Waals surface area contributed by atoms with Crippen molar-refractivity contribution in [2.45, 2.75) is 6.54 Å². The van der Waals surface area contributed by atoms with Crippen molar-refractivity contribution in [3.05, 3.63) is 35.9 Å². The maximum Gasteiger partial charge on any atom is 0.220 e. The second-order valence-corrected chi connectivity index (χ2v) is 6.06. The van der Waals surface area contributed by atoms with Crippen LogP contribution in [0.3, 0.4) is 0 Å². The molecule has 1 aromatic rings. The molecule has 0 heterocycles. The molecule has 0 unspecified atom stereocenters. The summed E-state index contributed by atoms with van der Waals surface area (Å²) < 4.78 is 24.7. The highest BCUT2D eigenvalue weighted by molar-refractivity contribution is 7.92. The van der Waals surface area contributed by atoms with Crippen LogP contribution in [0.2, 0.25) is 0 Å². The summed E-state index contributed by atoms with van der Waals surface area (Å²) in [5.41, 5.74) is 6.16. The molecule has 16 heavy (non-hydrogen) atoms. The first-order valence-corrected chi connectivity index (χ1v) is 6.70. The fourth-order valence-electron chi connectivity index (χ4n) is 1.23. The van der Waals surface area contributed by atoms with E-state index in [4.69, 9.17) is 5.73 Å². The molecule has 0 saturated heterocycles. The van der Waals surface area contributed by atoms with Gasteiger partial charge in [0.2, 0.25) is 10.0 Å². The van der Waals surface area contributed by atoms with Crippen LogP contribution in [0.1, 0.15) is 5.56 Å². The van der Waals surface area contributed by atoms with E-state index >= 15 is 0 Å². The summed E-state index contributed by atoms with van der Waals surface area (Å²) in [5, 5.41) is 0. The van der Waals surface area contributed by atoms with E-state index in [0.717, 1.165) is 5.56 Å². The van der Waals surface area contributed by atoms with E-state index < -0.39 is 10.0 Å². The minimum atomic E-state index is -3.39. The highest BCUT2D eigenvalue weighted by atomic mass is 32.2. The van der Waals surface area contributed by atoms with Crippen LogP contribution in [0.15, 0.2) is 30.3 Å². The molecular weight excluding hydrogens is 244 g/mol. The fraction of sp³-hybridized carbons (Fsp3) is 0.300. The summed E-state index contributed by atoms with van der Waals surface area (Å²) in [7, 11) is -1.88. The van der Waals surface area contributed by atoms with E-state index in [0.29, 0.717) is 6.54 Å². The lowest BCUT2D eigenvalue weighted by Crippen LogP contribution is -2.33. The maximum absolute atomic E-state index is 11.7. The number of nitrogens with zero attached hydrogens (tertiary/aromatic N) is 1. The summed E-state index contributed by atoms with van der Waals surface area (Å²) in [6.07, 6.45) is 0. The molecule has 0 spiro atoms. The van der Waals surface area contributed by atoms with Gasteiger partial charge in [-0.2, -0.15) is 0 Å². The minimum absolute atomic E-state index is 0.0140. The van der Waals surface area contributed by atoms with Gasteiger partial charge in [0.1, 0.15) is 5.75 Å². The van der Waals surface area contributed by atoms with Gasteiger partial charge < -0.3 is 5.73 Å². The molecule has 0 aliphatic carbocycles. The molecule has 0 amide bonds. The quantitative estimate of drug-likeness (QED) is 0.791. The van der Waals surface area contributed by atoms with Crippen LogP contribution in [0.4, 0.5) is 0 Å². The average molecular weight is 258 g/mol. The van der Waals surface area contributed by atoms with Crippen molar-refractivity contribution >= 4 is 27.2 Å². The number of sulfonamides is 1. The van der Waals surface area contributed by atoms with E-state index in [1.807, 2.05) is 30.3 Å². The summed E-state index contributed by atoms with van der Waals surface area (Å²) in [5.74, 6) is -0.286. The van der Waals surface area contributed by atoms with Crippen molar-refractivity contribution in [1.29, 1.82) is 0 Å². The van der Waals surface area contributed by atoms with E-state index in [9.17, 15) is 8.42 Å². The van der Waals surface area contributed by atoms with Crippen molar-refractivity contribution in [1.82, 2.24) is 4.31 Å². The molecule has 0 fully saturated rings. The summed E-state index contributed by atoms with van der Waals surface area (Å²) in [4.78, 5) is -0.0140. The van der Waals surface area contributed by atoms with Crippen LogP contribution in [0.5, 0.6) is 0 Å². The number of thiocarbonyl (C=S) groups is 1. The second kappa shape index (κ2) is 5.38. The topological polar surface area (TPSA) is 63.4 Å². The average Bonchev–Trinajstić information content (AvgIpc) is 2.17. The zero-order valence-corrected chi connectivity index (χ0v) is 10.6. The predicted octanol–water partition coefficient (Wildman–Crippen LogP) is 0.734. The SMILES string of the molecule is CN(Cc1ccccc1)S(=O)(=O)CC(N)=S. The van der Waals surface area contributed by atoms with Crippen molar-refractivity contribution < 1.29 is 8.42 Å². The molecule has 0 bridgehead atoms. The van der Waals surface area contributed by atoms with Gasteiger partial charge in [-0.3, -0.25) is 0 Å². The zero-order valence-electron chi connectivity index (χ0n) is 8.96. The molecule has 1 rings (SSSR count). The van der Waals surface area contributed by atoms with Gasteiger partial charge in [-0.15, -0.1) is 0 Å². The van der Waals surface area contributed by atoms with Gasteiger partial charge in [0, 0.05) is 13.6 Å². The normalized spacial score (nSPS) is 11.6. The van der Waals surface area contributed by atoms with E-state index in [2.05, 4.69) is 12.2 Å². The van der Waals surface area contributed by atoms with Crippen LogP contribution in [-0.4, -0.2) is 30.5 Å². The molecule has 0 aliphatic rings. The van der Waals surface area contributed by atoms with Gasteiger partial charge in [-0.25, -0.2) is 12.7 Å². The van der Waals surface area contributed by atoms with Gasteiger partial charge in [-0.1, -0.05) is 42.5 Å². The predicted molar refractivity (Wildman–Crippen MR) is 68.5 cm³/mol. The van der Waals surface area contributed by atoms with E-state index in [1.54, 1.807) is 0 Å². The highest BCUT2D eigenvalue weighted by Gasteiger charge is 2.18. The Morgan fingerprint density at radius 1 is 1.38 bits per heavy atom. The van der Waals surface area contributed by atoms with Gasteiger partial charge in [0.25, 0.3) is 0 Å². The Bertz CT molecular complexity index is 457. The number of benzene rings is 1. The van der Waals surface area contributed by atoms with Crippen LogP contribution < -0.4 is 5.73 Å². The first-order valence-electron chi connectivity index (χ1n) is 4.68. The monoisotopic (exact) mass is 258 g/mol. The molecule has 88 valence electrons. The van der Waals surface area contributed by atoms with Gasteiger partial charge in [-0.05, 0) is 5.56 Å². The van der Waals surface area contributed by atoms with Crippen molar-refractivity contribution in [3.8, 4) is 0 Å². The third kappa shape index (κ3) is 3.88. The van der Waals surface area contributed by atoms with Crippen molar-refractivity contribution in [2.24, 2.45) is 5.73 Å². The molecule has 0 aliphatic heterocycles. The van der Waals surface area contributed by atoms with Crippen LogP contribution in [-0.2, 0) is 16.6 Å². The third-order valence-electron chi connectivity index (χ3n) is 2.05. The number of hydrogen-bond acceptors (Lipinski definition) is 3. The van der Waals surface area contributed by atoms with Crippen molar-refractivity contribution in [3.63, 3.8) is 0 Å². The second-order valence-electron chi connectivity index (χ2n) is 3.46. The van der Waals surface area contributed by atoms with Gasteiger partial charge >= 0.3 is 0 Å². The Labute approximate surface area is 101 Å². The molecule has 0 radical (unpaired) electrons. The number of rotatable bonds is 5. The maximum atomic E-state index is 11.7. The molecular formula is C10H14N2O2S2. The van der Waals surface area contributed by atoms with E-state index in [1.165, 1.54) is 11.4 Å². The van der Waals surface area contributed by atoms with Crippen molar-refractivity contribution in [2.75, 3.05) is 12.8 Å². The zero-order chi connectivity index (χ0) is 12.2. The molecule has 4 nitrogen and oxygen atoms in total. The van der Waals surface area contributed by atoms with Crippen LogP contribution in [0.25, 0.3) is 0 Å². The third-order valence-corrected chi connectivity index (χ3v) is 4.13. The smallest absolute Gasteiger partial charge is 0.220 e. The molecule has 0 saturated carbocycles. The minimum Gasteiger partial charge on any atom is -0.392 e. The largest absolute Gasteiger partial charge is 0.392 e. The summed E-state index contributed by atoms with van der Waals surface area (Å²) >= 11 is 4.60. The molecule has 0 aromatic heterocycles. The Balaban J connectivity index is 2.72. The summed E-state index contributed by atoms with van der Waals surface area (Å²) in [6, 6.07) is 9.35. The fourth-order valence-corrected chi connectivity index (χ4v) is 2.60. The Morgan fingerprint density at radius 3 is 2.44 bits per heavy atom. The van der Waals surface area contributed by atoms with Crippen LogP contribution in [0, 0.1) is 0 Å².